The summed E-state index contributed by atoms with van der Waals surface area (Å²) >= 11 is 0.971. The molecule has 0 aromatic heterocycles. The standard InChI is InChI=1S/C22H29N3O6S/c1-2-10-31-16-8-9-25(19(26)13-32-14-20(27)28)18(12-16)22(30)24-17(21(23)29)11-15-6-4-3-5-7-15/h2-7,16-18H,1,8-14H2,(H2,23,29)(H,24,30)(H,27,28). The maximum Gasteiger partial charge on any atom is 0.313 e. The van der Waals surface area contributed by atoms with Crippen LogP contribution in [0.25, 0.3) is 0 Å². The quantitative estimate of drug-likeness (QED) is 0.385. The van der Waals surface area contributed by atoms with Crippen LogP contribution in [0.2, 0.25) is 0 Å². The van der Waals surface area contributed by atoms with Crippen molar-refractivity contribution in [2.75, 3.05) is 24.7 Å². The molecule has 1 aromatic carbocycles. The monoisotopic (exact) mass is 463 g/mol. The highest BCUT2D eigenvalue weighted by Gasteiger charge is 2.37. The lowest BCUT2D eigenvalue weighted by molar-refractivity contribution is -0.144. The highest BCUT2D eigenvalue weighted by molar-refractivity contribution is 8.00. The van der Waals surface area contributed by atoms with Crippen LogP contribution in [-0.4, -0.2) is 76.5 Å². The van der Waals surface area contributed by atoms with Crippen molar-refractivity contribution in [2.45, 2.75) is 37.5 Å². The highest BCUT2D eigenvalue weighted by atomic mass is 32.2. The molecule has 1 aliphatic heterocycles. The number of amides is 3. The molecule has 0 radical (unpaired) electrons. The van der Waals surface area contributed by atoms with E-state index in [0.29, 0.717) is 13.0 Å². The number of rotatable bonds is 12. The molecule has 0 spiro atoms. The molecule has 4 N–H and O–H groups in total. The summed E-state index contributed by atoms with van der Waals surface area (Å²) in [6, 6.07) is 7.37. The summed E-state index contributed by atoms with van der Waals surface area (Å²) < 4.78 is 5.69. The zero-order valence-corrected chi connectivity index (χ0v) is 18.6. The van der Waals surface area contributed by atoms with Gasteiger partial charge in [-0.25, -0.2) is 0 Å². The number of hydrogen-bond acceptors (Lipinski definition) is 6. The average Bonchev–Trinajstić information content (AvgIpc) is 2.77. The molecule has 1 fully saturated rings. The lowest BCUT2D eigenvalue weighted by Gasteiger charge is -2.38. The number of benzene rings is 1. The first kappa shape index (κ1) is 25.4. The van der Waals surface area contributed by atoms with Gasteiger partial charge in [-0.1, -0.05) is 36.4 Å². The second-order valence-corrected chi connectivity index (χ2v) is 8.40. The predicted molar refractivity (Wildman–Crippen MR) is 121 cm³/mol. The van der Waals surface area contributed by atoms with Gasteiger partial charge in [0, 0.05) is 19.4 Å². The van der Waals surface area contributed by atoms with E-state index in [0.717, 1.165) is 17.3 Å². The number of carbonyl (C=O) groups excluding carboxylic acids is 3. The van der Waals surface area contributed by atoms with Crippen LogP contribution in [0, 0.1) is 0 Å². The zero-order chi connectivity index (χ0) is 23.5. The molecular formula is C22H29N3O6S. The van der Waals surface area contributed by atoms with E-state index in [9.17, 15) is 19.2 Å². The Morgan fingerprint density at radius 3 is 2.62 bits per heavy atom. The van der Waals surface area contributed by atoms with Crippen LogP contribution in [0.4, 0.5) is 0 Å². The van der Waals surface area contributed by atoms with Crippen LogP contribution in [0.1, 0.15) is 18.4 Å². The van der Waals surface area contributed by atoms with Gasteiger partial charge in [-0.2, -0.15) is 0 Å². The van der Waals surface area contributed by atoms with E-state index in [1.54, 1.807) is 6.08 Å². The Hall–Kier alpha value is -2.85. The summed E-state index contributed by atoms with van der Waals surface area (Å²) in [6.07, 6.45) is 2.38. The molecule has 0 aliphatic carbocycles. The lowest BCUT2D eigenvalue weighted by Crippen LogP contribution is -2.58. The molecule has 3 amide bonds. The first-order valence-electron chi connectivity index (χ1n) is 10.3. The van der Waals surface area contributed by atoms with E-state index in [-0.39, 0.29) is 42.9 Å². The number of piperidine rings is 1. The maximum absolute atomic E-state index is 13.1. The minimum atomic E-state index is -1.01. The molecule has 32 heavy (non-hydrogen) atoms. The molecule has 174 valence electrons. The zero-order valence-electron chi connectivity index (χ0n) is 17.8. The fraction of sp³-hybridized carbons (Fsp3) is 0.455. The van der Waals surface area contributed by atoms with Crippen LogP contribution in [0.15, 0.2) is 43.0 Å². The smallest absolute Gasteiger partial charge is 0.313 e. The van der Waals surface area contributed by atoms with E-state index >= 15 is 0 Å². The van der Waals surface area contributed by atoms with Crippen molar-refractivity contribution in [3.05, 3.63) is 48.6 Å². The van der Waals surface area contributed by atoms with Crippen molar-refractivity contribution < 1.29 is 29.0 Å². The van der Waals surface area contributed by atoms with Gasteiger partial charge in [-0.3, -0.25) is 19.2 Å². The molecule has 3 atom stereocenters. The Labute approximate surface area is 191 Å². The molecule has 0 saturated carbocycles. The van der Waals surface area contributed by atoms with Crippen molar-refractivity contribution >= 4 is 35.5 Å². The number of hydrogen-bond donors (Lipinski definition) is 3. The fourth-order valence-corrected chi connectivity index (χ4v) is 4.10. The normalized spacial score (nSPS) is 19.1. The Morgan fingerprint density at radius 2 is 2.00 bits per heavy atom. The molecule has 10 heteroatoms. The first-order valence-corrected chi connectivity index (χ1v) is 11.4. The third kappa shape index (κ3) is 8.01. The fourth-order valence-electron chi connectivity index (χ4n) is 3.48. The van der Waals surface area contributed by atoms with E-state index in [1.807, 2.05) is 30.3 Å². The molecule has 3 unspecified atom stereocenters. The second-order valence-electron chi connectivity index (χ2n) is 7.41. The topological polar surface area (TPSA) is 139 Å². The van der Waals surface area contributed by atoms with E-state index in [4.69, 9.17) is 15.6 Å². The first-order chi connectivity index (χ1) is 15.3. The number of thioether (sulfide) groups is 1. The molecule has 1 aliphatic rings. The molecule has 9 nitrogen and oxygen atoms in total. The minimum absolute atomic E-state index is 0.0580. The number of likely N-dealkylation sites (tertiary alicyclic amines) is 1. The number of carboxylic acids is 1. The highest BCUT2D eigenvalue weighted by Crippen LogP contribution is 2.22. The Bertz CT molecular complexity index is 819. The van der Waals surface area contributed by atoms with Gasteiger partial charge in [-0.05, 0) is 12.0 Å². The molecule has 1 saturated heterocycles. The number of primary amides is 1. The Morgan fingerprint density at radius 1 is 1.28 bits per heavy atom. The molecule has 2 rings (SSSR count). The van der Waals surface area contributed by atoms with Gasteiger partial charge in [0.1, 0.15) is 12.1 Å². The van der Waals surface area contributed by atoms with E-state index < -0.39 is 29.9 Å². The second kappa shape index (κ2) is 12.9. The largest absolute Gasteiger partial charge is 0.481 e. The van der Waals surface area contributed by atoms with Crippen molar-refractivity contribution in [3.8, 4) is 0 Å². The number of carbonyl (C=O) groups is 4. The van der Waals surface area contributed by atoms with Gasteiger partial charge in [0.25, 0.3) is 0 Å². The van der Waals surface area contributed by atoms with E-state index in [1.165, 1.54) is 4.90 Å². The van der Waals surface area contributed by atoms with Crippen molar-refractivity contribution in [2.24, 2.45) is 5.73 Å². The summed E-state index contributed by atoms with van der Waals surface area (Å²) in [5, 5.41) is 11.5. The van der Waals surface area contributed by atoms with E-state index in [2.05, 4.69) is 11.9 Å². The SMILES string of the molecule is C=CCOC1CCN(C(=O)CSCC(=O)O)C(C(=O)NC(Cc2ccccc2)C(N)=O)C1. The number of nitrogens with one attached hydrogen (secondary N) is 1. The lowest BCUT2D eigenvalue weighted by atomic mass is 9.97. The van der Waals surface area contributed by atoms with Gasteiger partial charge in [0.15, 0.2) is 0 Å². The third-order valence-corrected chi connectivity index (χ3v) is 5.92. The van der Waals surface area contributed by atoms with Crippen LogP contribution in [0.5, 0.6) is 0 Å². The number of nitrogens with zero attached hydrogens (tertiary/aromatic N) is 1. The van der Waals surface area contributed by atoms with Crippen molar-refractivity contribution in [3.63, 3.8) is 0 Å². The predicted octanol–water partition coefficient (Wildman–Crippen LogP) is 0.579. The van der Waals surface area contributed by atoms with Gasteiger partial charge in [0.2, 0.25) is 17.7 Å². The summed E-state index contributed by atoms with van der Waals surface area (Å²) in [5.41, 5.74) is 6.35. The Balaban J connectivity index is 2.11. The summed E-state index contributed by atoms with van der Waals surface area (Å²) in [7, 11) is 0. The molecule has 0 bridgehead atoms. The van der Waals surface area contributed by atoms with Gasteiger partial charge in [0.05, 0.1) is 24.2 Å². The van der Waals surface area contributed by atoms with Gasteiger partial charge >= 0.3 is 5.97 Å². The van der Waals surface area contributed by atoms with Crippen LogP contribution in [-0.2, 0) is 30.3 Å². The summed E-state index contributed by atoms with van der Waals surface area (Å²) in [4.78, 5) is 50.0. The van der Waals surface area contributed by atoms with Crippen LogP contribution < -0.4 is 11.1 Å². The van der Waals surface area contributed by atoms with Gasteiger partial charge < -0.3 is 25.8 Å². The van der Waals surface area contributed by atoms with Crippen molar-refractivity contribution in [1.82, 2.24) is 10.2 Å². The van der Waals surface area contributed by atoms with Crippen LogP contribution in [0.3, 0.4) is 0 Å². The Kier molecular flexibility index (Phi) is 10.2. The molecule has 1 aromatic rings. The average molecular weight is 464 g/mol. The third-order valence-electron chi connectivity index (χ3n) is 5.02. The van der Waals surface area contributed by atoms with Crippen molar-refractivity contribution in [1.29, 1.82) is 0 Å². The number of aliphatic carboxylic acids is 1. The van der Waals surface area contributed by atoms with Crippen LogP contribution >= 0.6 is 11.8 Å². The molecular weight excluding hydrogens is 434 g/mol. The maximum atomic E-state index is 13.1. The minimum Gasteiger partial charge on any atom is -0.481 e. The number of ether oxygens (including phenoxy) is 1. The summed E-state index contributed by atoms with van der Waals surface area (Å²) in [5.74, 6) is -2.78. The summed E-state index contributed by atoms with van der Waals surface area (Å²) in [6.45, 7) is 4.22. The molecule has 1 heterocycles. The van der Waals surface area contributed by atoms with Gasteiger partial charge in [-0.15, -0.1) is 18.3 Å². The number of nitrogens with two attached hydrogens (primary N) is 1. The number of carboxylic acid groups (broad SMARTS) is 1.